The van der Waals surface area contributed by atoms with Crippen molar-refractivity contribution in [1.82, 2.24) is 5.32 Å². The highest BCUT2D eigenvalue weighted by Gasteiger charge is 2.30. The van der Waals surface area contributed by atoms with Gasteiger partial charge in [-0.05, 0) is 69.2 Å². The van der Waals surface area contributed by atoms with Gasteiger partial charge in [0.25, 0.3) is 0 Å². The highest BCUT2D eigenvalue weighted by atomic mass is 32.2. The Morgan fingerprint density at radius 1 is 1.00 bits per heavy atom. The molecule has 2 aromatic rings. The van der Waals surface area contributed by atoms with Gasteiger partial charge in [0.15, 0.2) is 0 Å². The molecule has 2 atom stereocenters. The van der Waals surface area contributed by atoms with Crippen LogP contribution in [0.4, 0.5) is 5.69 Å². The highest BCUT2D eigenvalue weighted by Crippen LogP contribution is 2.30. The summed E-state index contributed by atoms with van der Waals surface area (Å²) in [4.78, 5) is 13.0. The number of hydrogen-bond acceptors (Lipinski definition) is 5. The van der Waals surface area contributed by atoms with Crippen molar-refractivity contribution in [3.05, 3.63) is 53.1 Å². The summed E-state index contributed by atoms with van der Waals surface area (Å²) < 4.78 is 36.8. The molecule has 30 heavy (non-hydrogen) atoms. The van der Waals surface area contributed by atoms with Crippen LogP contribution in [0.15, 0.2) is 36.4 Å². The van der Waals surface area contributed by atoms with E-state index in [0.717, 1.165) is 27.3 Å². The maximum Gasteiger partial charge on any atom is 0.244 e. The largest absolute Gasteiger partial charge is 0.497 e. The minimum absolute atomic E-state index is 0.420. The Morgan fingerprint density at radius 2 is 1.67 bits per heavy atom. The van der Waals surface area contributed by atoms with Crippen LogP contribution in [0.3, 0.4) is 0 Å². The first-order valence-electron chi connectivity index (χ1n) is 9.58. The van der Waals surface area contributed by atoms with Crippen molar-refractivity contribution in [2.24, 2.45) is 0 Å². The molecule has 0 aliphatic rings. The molecule has 0 aliphatic carbocycles. The molecule has 1 amide bonds. The van der Waals surface area contributed by atoms with Gasteiger partial charge in [-0.2, -0.15) is 0 Å². The van der Waals surface area contributed by atoms with Crippen LogP contribution in [0.1, 0.15) is 36.6 Å². The molecule has 8 heteroatoms. The summed E-state index contributed by atoms with van der Waals surface area (Å²) in [5.41, 5.74) is 3.18. The van der Waals surface area contributed by atoms with E-state index >= 15 is 0 Å². The smallest absolute Gasteiger partial charge is 0.244 e. The summed E-state index contributed by atoms with van der Waals surface area (Å²) in [6.07, 6.45) is 1.10. The second-order valence-corrected chi connectivity index (χ2v) is 9.20. The van der Waals surface area contributed by atoms with Gasteiger partial charge in [-0.15, -0.1) is 0 Å². The molecule has 164 valence electrons. The van der Waals surface area contributed by atoms with Crippen molar-refractivity contribution in [2.45, 2.75) is 39.8 Å². The lowest BCUT2D eigenvalue weighted by Crippen LogP contribution is -2.48. The van der Waals surface area contributed by atoms with E-state index in [-0.39, 0.29) is 0 Å². The first kappa shape index (κ1) is 23.5. The van der Waals surface area contributed by atoms with E-state index in [4.69, 9.17) is 9.47 Å². The van der Waals surface area contributed by atoms with E-state index in [1.165, 1.54) is 0 Å². The molecule has 0 unspecified atom stereocenters. The number of carbonyl (C=O) groups is 1. The first-order valence-corrected chi connectivity index (χ1v) is 11.4. The number of aryl methyl sites for hydroxylation is 2. The van der Waals surface area contributed by atoms with E-state index in [1.807, 2.05) is 26.8 Å². The van der Waals surface area contributed by atoms with Gasteiger partial charge < -0.3 is 14.8 Å². The third kappa shape index (κ3) is 5.24. The van der Waals surface area contributed by atoms with Crippen molar-refractivity contribution in [2.75, 3.05) is 24.8 Å². The summed E-state index contributed by atoms with van der Waals surface area (Å²) in [6.45, 7) is 7.23. The number of carbonyl (C=O) groups excluding carboxylic acids is 1. The second-order valence-electron chi connectivity index (χ2n) is 7.34. The van der Waals surface area contributed by atoms with Crippen LogP contribution >= 0.6 is 0 Å². The number of benzene rings is 2. The first-order chi connectivity index (χ1) is 14.0. The van der Waals surface area contributed by atoms with Gasteiger partial charge in [-0.3, -0.25) is 9.10 Å². The number of nitrogens with one attached hydrogen (secondary N) is 1. The van der Waals surface area contributed by atoms with E-state index in [0.29, 0.717) is 17.2 Å². The zero-order valence-corrected chi connectivity index (χ0v) is 19.3. The van der Waals surface area contributed by atoms with Gasteiger partial charge in [0, 0.05) is 5.56 Å². The zero-order chi connectivity index (χ0) is 22.6. The summed E-state index contributed by atoms with van der Waals surface area (Å²) in [6, 6.07) is 9.27. The highest BCUT2D eigenvalue weighted by molar-refractivity contribution is 7.92. The standard InChI is InChI=1S/C22H30N2O5S/c1-14-8-9-18(12-15(14)2)24(30(7,26)27)17(4)22(25)23-16(3)20-13-19(28-5)10-11-21(20)29-6/h8-13,16-17H,1-7H3,(H,23,25)/t16-,17+/m0/s1. The Balaban J connectivity index is 2.33. The molecule has 0 radical (unpaired) electrons. The topological polar surface area (TPSA) is 84.9 Å². The summed E-state index contributed by atoms with van der Waals surface area (Å²) in [5, 5.41) is 2.89. The van der Waals surface area contributed by atoms with Crippen molar-refractivity contribution >= 4 is 21.6 Å². The van der Waals surface area contributed by atoms with Crippen LogP contribution in [0, 0.1) is 13.8 Å². The second kappa shape index (κ2) is 9.38. The van der Waals surface area contributed by atoms with Crippen LogP contribution in [-0.2, 0) is 14.8 Å². The molecule has 0 saturated heterocycles. The van der Waals surface area contributed by atoms with Gasteiger partial charge in [0.05, 0.1) is 32.2 Å². The van der Waals surface area contributed by atoms with Crippen molar-refractivity contribution in [3.8, 4) is 11.5 Å². The van der Waals surface area contributed by atoms with Crippen LogP contribution < -0.4 is 19.1 Å². The number of amides is 1. The Labute approximate surface area is 179 Å². The van der Waals surface area contributed by atoms with Gasteiger partial charge in [-0.25, -0.2) is 8.42 Å². The lowest BCUT2D eigenvalue weighted by atomic mass is 10.1. The Bertz CT molecular complexity index is 1020. The van der Waals surface area contributed by atoms with Crippen LogP contribution in [0.5, 0.6) is 11.5 Å². The van der Waals surface area contributed by atoms with E-state index < -0.39 is 28.0 Å². The number of hydrogen-bond donors (Lipinski definition) is 1. The van der Waals surface area contributed by atoms with Crippen LogP contribution in [-0.4, -0.2) is 40.8 Å². The van der Waals surface area contributed by atoms with Crippen molar-refractivity contribution in [3.63, 3.8) is 0 Å². The minimum Gasteiger partial charge on any atom is -0.497 e. The fourth-order valence-corrected chi connectivity index (χ4v) is 4.43. The Hall–Kier alpha value is -2.74. The number of nitrogens with zero attached hydrogens (tertiary/aromatic N) is 1. The molecular formula is C22H30N2O5S. The number of anilines is 1. The molecule has 2 aromatic carbocycles. The van der Waals surface area contributed by atoms with Crippen molar-refractivity contribution < 1.29 is 22.7 Å². The predicted octanol–water partition coefficient (Wildman–Crippen LogP) is 3.35. The minimum atomic E-state index is -3.69. The van der Waals surface area contributed by atoms with Gasteiger partial charge in [-0.1, -0.05) is 6.07 Å². The average Bonchev–Trinajstić information content (AvgIpc) is 2.68. The molecule has 0 saturated carbocycles. The summed E-state index contributed by atoms with van der Waals surface area (Å²) in [5.74, 6) is 0.814. The maximum absolute atomic E-state index is 13.0. The van der Waals surface area contributed by atoms with Crippen molar-refractivity contribution in [1.29, 1.82) is 0 Å². The quantitative estimate of drug-likeness (QED) is 0.689. The Morgan fingerprint density at radius 3 is 2.20 bits per heavy atom. The van der Waals surface area contributed by atoms with E-state index in [9.17, 15) is 13.2 Å². The molecule has 1 N–H and O–H groups in total. The lowest BCUT2D eigenvalue weighted by molar-refractivity contribution is -0.122. The Kier molecular flexibility index (Phi) is 7.36. The predicted molar refractivity (Wildman–Crippen MR) is 119 cm³/mol. The number of rotatable bonds is 8. The van der Waals surface area contributed by atoms with Gasteiger partial charge >= 0.3 is 0 Å². The molecule has 0 heterocycles. The SMILES string of the molecule is COc1ccc(OC)c([C@H](C)NC(=O)[C@@H](C)N(c2ccc(C)c(C)c2)S(C)(=O)=O)c1. The number of ether oxygens (including phenoxy) is 2. The molecule has 2 rings (SSSR count). The van der Waals surface area contributed by atoms with Crippen LogP contribution in [0.2, 0.25) is 0 Å². The molecule has 0 bridgehead atoms. The maximum atomic E-state index is 13.0. The number of sulfonamides is 1. The fraction of sp³-hybridized carbons (Fsp3) is 0.409. The van der Waals surface area contributed by atoms with E-state index in [2.05, 4.69) is 5.32 Å². The molecule has 0 spiro atoms. The fourth-order valence-electron chi connectivity index (χ4n) is 3.26. The summed E-state index contributed by atoms with van der Waals surface area (Å²) >= 11 is 0. The number of methoxy groups -OCH3 is 2. The summed E-state index contributed by atoms with van der Waals surface area (Å²) in [7, 11) is -0.579. The molecule has 0 aliphatic heterocycles. The molecular weight excluding hydrogens is 404 g/mol. The third-order valence-corrected chi connectivity index (χ3v) is 6.34. The molecule has 0 aromatic heterocycles. The normalized spacial score (nSPS) is 13.3. The monoisotopic (exact) mass is 434 g/mol. The van der Waals surface area contributed by atoms with Crippen LogP contribution in [0.25, 0.3) is 0 Å². The molecule has 0 fully saturated rings. The van der Waals surface area contributed by atoms with Gasteiger partial charge in [0.1, 0.15) is 17.5 Å². The van der Waals surface area contributed by atoms with E-state index in [1.54, 1.807) is 51.5 Å². The lowest BCUT2D eigenvalue weighted by Gasteiger charge is -2.30. The molecule has 7 nitrogen and oxygen atoms in total. The zero-order valence-electron chi connectivity index (χ0n) is 18.5. The van der Waals surface area contributed by atoms with Gasteiger partial charge in [0.2, 0.25) is 15.9 Å². The average molecular weight is 435 g/mol. The third-order valence-electron chi connectivity index (χ3n) is 5.10.